The van der Waals surface area contributed by atoms with E-state index in [0.717, 1.165) is 0 Å². The molecule has 2 rings (SSSR count). The van der Waals surface area contributed by atoms with Crippen molar-refractivity contribution in [3.63, 3.8) is 0 Å². The molecule has 0 N–H and O–H groups in total. The van der Waals surface area contributed by atoms with Crippen molar-refractivity contribution in [3.05, 3.63) is 34.3 Å². The van der Waals surface area contributed by atoms with Gasteiger partial charge in [-0.05, 0) is 39.8 Å². The van der Waals surface area contributed by atoms with Gasteiger partial charge in [0.25, 0.3) is 0 Å². The van der Waals surface area contributed by atoms with Crippen molar-refractivity contribution in [1.29, 1.82) is 0 Å². The van der Waals surface area contributed by atoms with Crippen LogP contribution in [0.3, 0.4) is 0 Å². The summed E-state index contributed by atoms with van der Waals surface area (Å²) in [5, 5.41) is 0.483. The summed E-state index contributed by atoms with van der Waals surface area (Å²) in [4.78, 5) is 17.9. The number of pyridine rings is 1. The summed E-state index contributed by atoms with van der Waals surface area (Å²) >= 11 is 11.9. The second-order valence-corrected chi connectivity index (χ2v) is 6.81. The van der Waals surface area contributed by atoms with Gasteiger partial charge in [-0.2, -0.15) is 0 Å². The van der Waals surface area contributed by atoms with E-state index in [1.807, 2.05) is 27.7 Å². The summed E-state index contributed by atoms with van der Waals surface area (Å²) in [5.74, 6) is 0. The number of aromatic nitrogens is 1. The van der Waals surface area contributed by atoms with Gasteiger partial charge in [0.1, 0.15) is 28.8 Å². The van der Waals surface area contributed by atoms with Gasteiger partial charge < -0.3 is 9.47 Å². The molecule has 0 unspecified atom stereocenters. The first-order valence-electron chi connectivity index (χ1n) is 6.85. The number of hydrogen-bond acceptors (Lipinski definition) is 4. The lowest BCUT2D eigenvalue weighted by Gasteiger charge is -2.35. The number of nitrogens with zero attached hydrogens (tertiary/aromatic N) is 2. The number of amides is 1. The van der Waals surface area contributed by atoms with E-state index in [1.54, 1.807) is 12.1 Å². The van der Waals surface area contributed by atoms with Crippen molar-refractivity contribution >= 4 is 35.0 Å². The van der Waals surface area contributed by atoms with Gasteiger partial charge in [-0.15, -0.1) is 0 Å². The van der Waals surface area contributed by atoms with E-state index in [-0.39, 0.29) is 16.3 Å². The molecule has 1 aromatic rings. The van der Waals surface area contributed by atoms with E-state index >= 15 is 0 Å². The van der Waals surface area contributed by atoms with Crippen LogP contribution < -0.4 is 0 Å². The van der Waals surface area contributed by atoms with E-state index in [4.69, 9.17) is 32.7 Å². The Morgan fingerprint density at radius 1 is 1.36 bits per heavy atom. The van der Waals surface area contributed by atoms with Gasteiger partial charge in [0.15, 0.2) is 0 Å². The average molecular weight is 345 g/mol. The Labute approximate surface area is 139 Å². The minimum atomic E-state index is -0.590. The Balaban J connectivity index is 2.38. The molecular weight excluding hydrogens is 327 g/mol. The van der Waals surface area contributed by atoms with Crippen LogP contribution in [0.4, 0.5) is 4.79 Å². The van der Waals surface area contributed by atoms with Crippen molar-refractivity contribution in [3.8, 4) is 0 Å². The molecule has 1 atom stereocenters. The Morgan fingerprint density at radius 2 is 1.95 bits per heavy atom. The van der Waals surface area contributed by atoms with Crippen molar-refractivity contribution in [2.75, 3.05) is 6.61 Å². The minimum absolute atomic E-state index is 0.180. The highest BCUT2D eigenvalue weighted by Crippen LogP contribution is 2.30. The van der Waals surface area contributed by atoms with Crippen LogP contribution >= 0.6 is 23.2 Å². The molecule has 2 heterocycles. The Kier molecular flexibility index (Phi) is 4.87. The van der Waals surface area contributed by atoms with Crippen LogP contribution in [0.1, 0.15) is 33.3 Å². The highest BCUT2D eigenvalue weighted by Gasteiger charge is 2.32. The van der Waals surface area contributed by atoms with Crippen molar-refractivity contribution in [2.45, 2.75) is 39.3 Å². The van der Waals surface area contributed by atoms with Crippen LogP contribution in [-0.4, -0.2) is 34.2 Å². The second kappa shape index (κ2) is 6.34. The van der Waals surface area contributed by atoms with Gasteiger partial charge in [-0.1, -0.05) is 23.2 Å². The highest BCUT2D eigenvalue weighted by molar-refractivity contribution is 6.32. The second-order valence-electron chi connectivity index (χ2n) is 6.04. The number of hydrogen-bond donors (Lipinski definition) is 0. The molecule has 0 aliphatic carbocycles. The lowest BCUT2D eigenvalue weighted by molar-refractivity contribution is 0.0204. The molecule has 0 saturated carbocycles. The molecule has 0 bridgehead atoms. The average Bonchev–Trinajstić information content (AvgIpc) is 2.34. The van der Waals surface area contributed by atoms with Crippen LogP contribution in [0.15, 0.2) is 18.4 Å². The van der Waals surface area contributed by atoms with Gasteiger partial charge >= 0.3 is 6.09 Å². The maximum absolute atomic E-state index is 12.5. The van der Waals surface area contributed by atoms with Crippen LogP contribution in [0.2, 0.25) is 10.3 Å². The van der Waals surface area contributed by atoms with Gasteiger partial charge in [0.05, 0.1) is 11.7 Å². The molecule has 7 heteroatoms. The standard InChI is InChI=1S/C15H18Cl2N2O3/c1-9-7-21-8-11(10-5-12(16)18-13(17)6-10)19(9)14(20)22-15(2,3)4/h5-6,8-9H,7H2,1-4H3/t9-/m1/s1. The fraction of sp³-hybridized carbons (Fsp3) is 0.467. The topological polar surface area (TPSA) is 51.7 Å². The molecule has 5 nitrogen and oxygen atoms in total. The molecule has 0 spiro atoms. The van der Waals surface area contributed by atoms with Gasteiger partial charge in [0, 0.05) is 5.56 Å². The molecule has 1 aromatic heterocycles. The predicted octanol–water partition coefficient (Wildman–Crippen LogP) is 4.34. The third-order valence-electron chi connectivity index (χ3n) is 2.88. The Bertz CT molecular complexity index is 591. The van der Waals surface area contributed by atoms with E-state index in [1.165, 1.54) is 11.2 Å². The minimum Gasteiger partial charge on any atom is -0.497 e. The van der Waals surface area contributed by atoms with E-state index in [0.29, 0.717) is 17.9 Å². The third kappa shape index (κ3) is 4.05. The molecule has 1 aliphatic rings. The summed E-state index contributed by atoms with van der Waals surface area (Å²) < 4.78 is 10.9. The number of halogens is 2. The zero-order valence-corrected chi connectivity index (χ0v) is 14.4. The van der Waals surface area contributed by atoms with E-state index in [2.05, 4.69) is 4.98 Å². The summed E-state index contributed by atoms with van der Waals surface area (Å²) in [6, 6.07) is 3.07. The maximum atomic E-state index is 12.5. The smallest absolute Gasteiger partial charge is 0.415 e. The number of ether oxygens (including phenoxy) is 2. The predicted molar refractivity (Wildman–Crippen MR) is 85.7 cm³/mol. The number of carbonyl (C=O) groups is 1. The van der Waals surface area contributed by atoms with Gasteiger partial charge in [-0.25, -0.2) is 9.78 Å². The molecule has 0 fully saturated rings. The van der Waals surface area contributed by atoms with Crippen molar-refractivity contribution in [1.82, 2.24) is 9.88 Å². The monoisotopic (exact) mass is 344 g/mol. The van der Waals surface area contributed by atoms with Crippen LogP contribution in [0, 0.1) is 0 Å². The summed E-state index contributed by atoms with van der Waals surface area (Å²) in [6.45, 7) is 7.72. The fourth-order valence-corrected chi connectivity index (χ4v) is 2.50. The quantitative estimate of drug-likeness (QED) is 0.711. The van der Waals surface area contributed by atoms with Gasteiger partial charge in [-0.3, -0.25) is 4.90 Å². The third-order valence-corrected chi connectivity index (χ3v) is 3.27. The SMILES string of the molecule is C[C@@H]1COC=C(c2cc(Cl)nc(Cl)c2)N1C(=O)OC(C)(C)C. The highest BCUT2D eigenvalue weighted by atomic mass is 35.5. The maximum Gasteiger partial charge on any atom is 0.415 e. The van der Waals surface area contributed by atoms with E-state index in [9.17, 15) is 4.79 Å². The molecule has 0 aromatic carbocycles. The zero-order valence-electron chi connectivity index (χ0n) is 12.9. The normalized spacial score (nSPS) is 18.5. The van der Waals surface area contributed by atoms with Gasteiger partial charge in [0.2, 0.25) is 0 Å². The summed E-state index contributed by atoms with van der Waals surface area (Å²) in [5.41, 5.74) is 0.593. The lowest BCUT2D eigenvalue weighted by atomic mass is 10.1. The Hall–Kier alpha value is -1.46. The molecule has 1 aliphatic heterocycles. The van der Waals surface area contributed by atoms with Crippen LogP contribution in [0.25, 0.3) is 5.70 Å². The van der Waals surface area contributed by atoms with E-state index < -0.39 is 11.7 Å². The molecule has 22 heavy (non-hydrogen) atoms. The molecule has 0 saturated heterocycles. The fourth-order valence-electron chi connectivity index (χ4n) is 2.04. The van der Waals surface area contributed by atoms with Crippen LogP contribution in [-0.2, 0) is 9.47 Å². The van der Waals surface area contributed by atoms with Crippen LogP contribution in [0.5, 0.6) is 0 Å². The first-order valence-corrected chi connectivity index (χ1v) is 7.60. The molecule has 120 valence electrons. The molecule has 0 radical (unpaired) electrons. The first kappa shape index (κ1) is 16.9. The van der Waals surface area contributed by atoms with Crippen molar-refractivity contribution in [2.24, 2.45) is 0 Å². The molecule has 1 amide bonds. The molecular formula is C15H18Cl2N2O3. The Morgan fingerprint density at radius 3 is 2.50 bits per heavy atom. The zero-order chi connectivity index (χ0) is 16.5. The largest absolute Gasteiger partial charge is 0.497 e. The number of rotatable bonds is 1. The number of carbonyl (C=O) groups excluding carboxylic acids is 1. The van der Waals surface area contributed by atoms with Crippen molar-refractivity contribution < 1.29 is 14.3 Å². The first-order chi connectivity index (χ1) is 10.2. The summed E-state index contributed by atoms with van der Waals surface area (Å²) in [7, 11) is 0. The summed E-state index contributed by atoms with van der Waals surface area (Å²) in [6.07, 6.45) is 1.06. The lowest BCUT2D eigenvalue weighted by Crippen LogP contribution is -2.44.